The summed E-state index contributed by atoms with van der Waals surface area (Å²) < 4.78 is 26.0. The molecule has 0 aliphatic carbocycles. The molecule has 1 saturated heterocycles. The van der Waals surface area contributed by atoms with Gasteiger partial charge in [-0.3, -0.25) is 5.43 Å². The molecular weight excluding hydrogens is 270 g/mol. The molecule has 0 radical (unpaired) electrons. The summed E-state index contributed by atoms with van der Waals surface area (Å²) in [6.07, 6.45) is 3.25. The normalized spacial score (nSPS) is 20.2. The lowest BCUT2D eigenvalue weighted by atomic mass is 9.95. The predicted molar refractivity (Wildman–Crippen MR) is 68.5 cm³/mol. The average molecular weight is 287 g/mol. The number of nitrogens with one attached hydrogen (secondary N) is 1. The summed E-state index contributed by atoms with van der Waals surface area (Å²) in [5.41, 5.74) is 1.44. The summed E-state index contributed by atoms with van der Waals surface area (Å²) in [6.45, 7) is 2.28. The topological polar surface area (TPSA) is 121 Å². The van der Waals surface area contributed by atoms with E-state index in [-0.39, 0.29) is 23.9 Å². The van der Waals surface area contributed by atoms with E-state index in [1.54, 1.807) is 6.92 Å². The first-order valence-electron chi connectivity index (χ1n) is 5.86. The van der Waals surface area contributed by atoms with Crippen molar-refractivity contribution in [3.8, 4) is 0 Å². The first-order valence-corrected chi connectivity index (χ1v) is 7.30. The third-order valence-electron chi connectivity index (χ3n) is 3.19. The van der Waals surface area contributed by atoms with E-state index in [0.29, 0.717) is 12.8 Å². The van der Waals surface area contributed by atoms with Gasteiger partial charge in [-0.1, -0.05) is 0 Å². The monoisotopic (exact) mass is 287 g/mol. The number of nitrogen functional groups attached to an aromatic ring is 1. The lowest BCUT2D eigenvalue weighted by Gasteiger charge is -2.34. The maximum Gasteiger partial charge on any atom is 0.246 e. The maximum absolute atomic E-state index is 12.3. The molecule has 0 unspecified atom stereocenters. The van der Waals surface area contributed by atoms with Gasteiger partial charge in [-0.05, 0) is 19.8 Å². The smallest absolute Gasteiger partial charge is 0.246 e. The van der Waals surface area contributed by atoms with Crippen molar-refractivity contribution >= 4 is 16.0 Å². The maximum atomic E-state index is 12.3. The van der Waals surface area contributed by atoms with Gasteiger partial charge in [0, 0.05) is 13.1 Å². The SMILES string of the molecule is CC1(O)CCN(S(=O)(=O)c2cnc(NN)nc2)CC1. The third-order valence-corrected chi connectivity index (χ3v) is 5.05. The minimum absolute atomic E-state index is 0.0213. The molecule has 0 aromatic carbocycles. The molecular formula is C10H17N5O3S. The van der Waals surface area contributed by atoms with Crippen molar-refractivity contribution in [3.63, 3.8) is 0 Å². The predicted octanol–water partition coefficient (Wildman–Crippen LogP) is -0.702. The van der Waals surface area contributed by atoms with Crippen LogP contribution in [0.1, 0.15) is 19.8 Å². The lowest BCUT2D eigenvalue weighted by molar-refractivity contribution is 0.0126. The van der Waals surface area contributed by atoms with Crippen molar-refractivity contribution < 1.29 is 13.5 Å². The highest BCUT2D eigenvalue weighted by atomic mass is 32.2. The molecule has 0 saturated carbocycles. The highest BCUT2D eigenvalue weighted by Crippen LogP contribution is 2.25. The van der Waals surface area contributed by atoms with Crippen molar-refractivity contribution in [3.05, 3.63) is 12.4 Å². The Morgan fingerprint density at radius 1 is 1.37 bits per heavy atom. The summed E-state index contributed by atoms with van der Waals surface area (Å²) in [6, 6.07) is 0. The number of hydrogen-bond acceptors (Lipinski definition) is 7. The van der Waals surface area contributed by atoms with Crippen LogP contribution < -0.4 is 11.3 Å². The van der Waals surface area contributed by atoms with Crippen LogP contribution >= 0.6 is 0 Å². The number of sulfonamides is 1. The van der Waals surface area contributed by atoms with Crippen molar-refractivity contribution in [1.29, 1.82) is 0 Å². The molecule has 4 N–H and O–H groups in total. The van der Waals surface area contributed by atoms with Gasteiger partial charge in [0.15, 0.2) is 0 Å². The number of anilines is 1. The summed E-state index contributed by atoms with van der Waals surface area (Å²) >= 11 is 0. The number of aliphatic hydroxyl groups is 1. The van der Waals surface area contributed by atoms with Crippen LogP contribution in [-0.4, -0.2) is 46.5 Å². The molecule has 8 nitrogen and oxygen atoms in total. The van der Waals surface area contributed by atoms with Gasteiger partial charge in [-0.15, -0.1) is 0 Å². The zero-order valence-electron chi connectivity index (χ0n) is 10.6. The van der Waals surface area contributed by atoms with Crippen LogP contribution in [0, 0.1) is 0 Å². The summed E-state index contributed by atoms with van der Waals surface area (Å²) in [5.74, 6) is 5.27. The van der Waals surface area contributed by atoms with Crippen LogP contribution in [0.4, 0.5) is 5.95 Å². The highest BCUT2D eigenvalue weighted by Gasteiger charge is 2.34. The Hall–Kier alpha value is -1.29. The first kappa shape index (κ1) is 14.1. The van der Waals surface area contributed by atoms with Crippen LogP contribution in [-0.2, 0) is 10.0 Å². The van der Waals surface area contributed by atoms with Crippen LogP contribution in [0.25, 0.3) is 0 Å². The van der Waals surface area contributed by atoms with E-state index < -0.39 is 15.6 Å². The van der Waals surface area contributed by atoms with Gasteiger partial charge in [0.2, 0.25) is 16.0 Å². The molecule has 1 aromatic rings. The molecule has 0 amide bonds. The molecule has 0 bridgehead atoms. The number of hydrazine groups is 1. The minimum atomic E-state index is -3.61. The Labute approximate surface area is 111 Å². The molecule has 0 spiro atoms. The fraction of sp³-hybridized carbons (Fsp3) is 0.600. The summed E-state index contributed by atoms with van der Waals surface area (Å²) in [7, 11) is -3.61. The second-order valence-corrected chi connectivity index (χ2v) is 6.73. The fourth-order valence-corrected chi connectivity index (χ4v) is 3.21. The van der Waals surface area contributed by atoms with Gasteiger partial charge in [-0.25, -0.2) is 24.2 Å². The summed E-state index contributed by atoms with van der Waals surface area (Å²) in [5, 5.41) is 9.83. The zero-order chi connectivity index (χ0) is 14.1. The molecule has 106 valence electrons. The fourth-order valence-electron chi connectivity index (χ4n) is 1.88. The van der Waals surface area contributed by atoms with Gasteiger partial charge in [-0.2, -0.15) is 4.31 Å². The molecule has 9 heteroatoms. The first-order chi connectivity index (χ1) is 8.85. The van der Waals surface area contributed by atoms with E-state index in [1.165, 1.54) is 16.7 Å². The Bertz CT molecular complexity index is 533. The number of nitrogens with zero attached hydrogens (tertiary/aromatic N) is 3. The Morgan fingerprint density at radius 2 is 1.89 bits per heavy atom. The van der Waals surface area contributed by atoms with Gasteiger partial charge in [0.05, 0.1) is 18.0 Å². The molecule has 1 aromatic heterocycles. The van der Waals surface area contributed by atoms with Crippen molar-refractivity contribution in [1.82, 2.24) is 14.3 Å². The second-order valence-electron chi connectivity index (χ2n) is 4.79. The Balaban J connectivity index is 2.18. The zero-order valence-corrected chi connectivity index (χ0v) is 11.4. The van der Waals surface area contributed by atoms with Gasteiger partial charge < -0.3 is 5.11 Å². The number of rotatable bonds is 3. The van der Waals surface area contributed by atoms with E-state index in [4.69, 9.17) is 5.84 Å². The van der Waals surface area contributed by atoms with Gasteiger partial charge >= 0.3 is 0 Å². The van der Waals surface area contributed by atoms with Gasteiger partial charge in [0.1, 0.15) is 4.90 Å². The number of nitrogens with two attached hydrogens (primary N) is 1. The van der Waals surface area contributed by atoms with E-state index in [2.05, 4.69) is 15.4 Å². The molecule has 2 heterocycles. The molecule has 1 fully saturated rings. The van der Waals surface area contributed by atoms with Gasteiger partial charge in [0.25, 0.3) is 0 Å². The largest absolute Gasteiger partial charge is 0.390 e. The molecule has 1 aliphatic rings. The van der Waals surface area contributed by atoms with Crippen LogP contribution in [0.3, 0.4) is 0 Å². The van der Waals surface area contributed by atoms with Crippen LogP contribution in [0.5, 0.6) is 0 Å². The van der Waals surface area contributed by atoms with Crippen molar-refractivity contribution in [2.45, 2.75) is 30.3 Å². The Morgan fingerprint density at radius 3 is 2.37 bits per heavy atom. The quantitative estimate of drug-likeness (QED) is 0.496. The van der Waals surface area contributed by atoms with Crippen molar-refractivity contribution in [2.75, 3.05) is 18.5 Å². The van der Waals surface area contributed by atoms with E-state index in [0.717, 1.165) is 0 Å². The molecule has 1 aliphatic heterocycles. The summed E-state index contributed by atoms with van der Waals surface area (Å²) in [4.78, 5) is 7.59. The van der Waals surface area contributed by atoms with E-state index in [9.17, 15) is 13.5 Å². The highest BCUT2D eigenvalue weighted by molar-refractivity contribution is 7.89. The van der Waals surface area contributed by atoms with E-state index >= 15 is 0 Å². The number of hydrogen-bond donors (Lipinski definition) is 3. The molecule has 19 heavy (non-hydrogen) atoms. The van der Waals surface area contributed by atoms with E-state index in [1.807, 2.05) is 0 Å². The minimum Gasteiger partial charge on any atom is -0.390 e. The number of piperidine rings is 1. The Kier molecular flexibility index (Phi) is 3.72. The second kappa shape index (κ2) is 5.00. The standard InChI is InChI=1S/C10H17N5O3S/c1-10(16)2-4-15(5-3-10)19(17,18)8-6-12-9(14-11)13-7-8/h6-7,16H,2-5,11H2,1H3,(H,12,13,14). The number of aromatic nitrogens is 2. The average Bonchev–Trinajstić information content (AvgIpc) is 2.38. The third kappa shape index (κ3) is 3.00. The van der Waals surface area contributed by atoms with Crippen LogP contribution in [0.2, 0.25) is 0 Å². The molecule has 2 rings (SSSR count). The van der Waals surface area contributed by atoms with Crippen LogP contribution in [0.15, 0.2) is 17.3 Å². The lowest BCUT2D eigenvalue weighted by Crippen LogP contribution is -2.45. The van der Waals surface area contributed by atoms with Crippen molar-refractivity contribution in [2.24, 2.45) is 5.84 Å². The molecule has 0 atom stereocenters.